The van der Waals surface area contributed by atoms with Crippen molar-refractivity contribution >= 4 is 48.2 Å². The van der Waals surface area contributed by atoms with E-state index in [9.17, 15) is 19.2 Å². The molecule has 0 aromatic rings. The maximum Gasteiger partial charge on any atom is 0.327 e. The lowest BCUT2D eigenvalue weighted by Crippen LogP contribution is -2.56. The Kier molecular flexibility index (Phi) is 14.0. The van der Waals surface area contributed by atoms with Crippen LogP contribution in [0.15, 0.2) is 9.98 Å². The number of thiol groups is 1. The number of carbonyl (C=O) groups excluding carboxylic acids is 3. The summed E-state index contributed by atoms with van der Waals surface area (Å²) in [7, 11) is 0. The first kappa shape index (κ1) is 28.8. The Morgan fingerprint density at radius 2 is 1.22 bits per heavy atom. The molecule has 12 N–H and O–H groups in total. The monoisotopic (exact) mass is 475 g/mol. The van der Waals surface area contributed by atoms with Crippen LogP contribution in [0.3, 0.4) is 0 Å². The number of amides is 3. The standard InChI is InChI=1S/C17H33N9O5S/c1-9(27)24-10(4-2-6-22-16(18)19)13(28)25-11(5-3-7-23-17(20)21)14(29)26-12(8-32)15(30)31/h10-12,32H,2-8H2,1H3,(H,24,27)(H,25,28)(H,26,29)(H,30,31)(H4,18,19,22)(H4,20,21,23)/t10-,11-,12-/m1/s1. The van der Waals surface area contributed by atoms with Gasteiger partial charge in [-0.25, -0.2) is 4.79 Å². The minimum absolute atomic E-state index is 0.0970. The number of aliphatic imine (C=N–C) groups is 2. The van der Waals surface area contributed by atoms with Crippen LogP contribution < -0.4 is 38.9 Å². The normalized spacial score (nSPS) is 13.1. The van der Waals surface area contributed by atoms with Crippen molar-refractivity contribution in [1.82, 2.24) is 16.0 Å². The second kappa shape index (κ2) is 15.6. The van der Waals surface area contributed by atoms with Crippen LogP contribution in [0.5, 0.6) is 0 Å². The Morgan fingerprint density at radius 3 is 1.56 bits per heavy atom. The molecule has 0 aliphatic heterocycles. The Hall–Kier alpha value is -3.23. The van der Waals surface area contributed by atoms with Gasteiger partial charge in [0.2, 0.25) is 17.7 Å². The highest BCUT2D eigenvalue weighted by atomic mass is 32.1. The molecule has 32 heavy (non-hydrogen) atoms. The van der Waals surface area contributed by atoms with Gasteiger partial charge in [0.25, 0.3) is 0 Å². The number of carboxylic acid groups (broad SMARTS) is 1. The highest BCUT2D eigenvalue weighted by molar-refractivity contribution is 7.80. The summed E-state index contributed by atoms with van der Waals surface area (Å²) in [4.78, 5) is 55.7. The smallest absolute Gasteiger partial charge is 0.327 e. The van der Waals surface area contributed by atoms with Gasteiger partial charge in [0.15, 0.2) is 11.9 Å². The second-order valence-electron chi connectivity index (χ2n) is 6.79. The molecule has 0 heterocycles. The zero-order valence-electron chi connectivity index (χ0n) is 17.9. The number of nitrogens with zero attached hydrogens (tertiary/aromatic N) is 2. The summed E-state index contributed by atoms with van der Waals surface area (Å²) in [5.74, 6) is -3.41. The first-order valence-corrected chi connectivity index (χ1v) is 10.4. The number of guanidine groups is 2. The molecule has 3 amide bonds. The van der Waals surface area contributed by atoms with Crippen LogP contribution in [0.1, 0.15) is 32.6 Å². The van der Waals surface area contributed by atoms with Gasteiger partial charge in [-0.2, -0.15) is 12.6 Å². The second-order valence-corrected chi connectivity index (χ2v) is 7.16. The van der Waals surface area contributed by atoms with E-state index in [1.807, 2.05) is 0 Å². The third kappa shape index (κ3) is 13.1. The van der Waals surface area contributed by atoms with Crippen molar-refractivity contribution < 1.29 is 24.3 Å². The number of hydrogen-bond donors (Lipinski definition) is 9. The molecule has 182 valence electrons. The molecule has 15 heteroatoms. The van der Waals surface area contributed by atoms with E-state index in [1.165, 1.54) is 6.92 Å². The highest BCUT2D eigenvalue weighted by Gasteiger charge is 2.28. The predicted molar refractivity (Wildman–Crippen MR) is 123 cm³/mol. The molecule has 0 aromatic heterocycles. The van der Waals surface area contributed by atoms with Gasteiger partial charge in [0, 0.05) is 25.8 Å². The van der Waals surface area contributed by atoms with Crippen LogP contribution in [0, 0.1) is 0 Å². The maximum atomic E-state index is 12.8. The maximum absolute atomic E-state index is 12.8. The SMILES string of the molecule is CC(=O)N[C@H](CCCN=C(N)N)C(=O)N[C@H](CCCN=C(N)N)C(=O)N[C@H](CS)C(=O)O. The van der Waals surface area contributed by atoms with E-state index >= 15 is 0 Å². The number of carboxylic acids is 1. The third-order valence-electron chi connectivity index (χ3n) is 4.01. The third-order valence-corrected chi connectivity index (χ3v) is 4.38. The molecular weight excluding hydrogens is 442 g/mol. The van der Waals surface area contributed by atoms with Gasteiger partial charge in [-0.1, -0.05) is 0 Å². The highest BCUT2D eigenvalue weighted by Crippen LogP contribution is 2.04. The average Bonchev–Trinajstić information content (AvgIpc) is 2.69. The van der Waals surface area contributed by atoms with Gasteiger partial charge >= 0.3 is 5.97 Å². The zero-order chi connectivity index (χ0) is 24.7. The quantitative estimate of drug-likeness (QED) is 0.0494. The van der Waals surface area contributed by atoms with Crippen molar-refractivity contribution in [3.05, 3.63) is 0 Å². The van der Waals surface area contributed by atoms with E-state index in [0.717, 1.165) is 0 Å². The van der Waals surface area contributed by atoms with Crippen LogP contribution in [-0.2, 0) is 19.2 Å². The van der Waals surface area contributed by atoms with Crippen molar-refractivity contribution in [1.29, 1.82) is 0 Å². The molecule has 0 fully saturated rings. The van der Waals surface area contributed by atoms with Crippen molar-refractivity contribution in [2.75, 3.05) is 18.8 Å². The predicted octanol–water partition coefficient (Wildman–Crippen LogP) is -3.42. The molecule has 14 nitrogen and oxygen atoms in total. The summed E-state index contributed by atoms with van der Waals surface area (Å²) < 4.78 is 0. The van der Waals surface area contributed by atoms with Crippen LogP contribution in [0.2, 0.25) is 0 Å². The topological polar surface area (TPSA) is 253 Å². The van der Waals surface area contributed by atoms with E-state index in [4.69, 9.17) is 28.0 Å². The van der Waals surface area contributed by atoms with Gasteiger partial charge in [-0.05, 0) is 25.7 Å². The van der Waals surface area contributed by atoms with Crippen LogP contribution in [-0.4, -0.2) is 77.7 Å². The van der Waals surface area contributed by atoms with Crippen molar-refractivity contribution in [3.8, 4) is 0 Å². The molecule has 0 radical (unpaired) electrons. The lowest BCUT2D eigenvalue weighted by molar-refractivity contribution is -0.141. The first-order chi connectivity index (χ1) is 15.0. The minimum atomic E-state index is -1.27. The Balaban J connectivity index is 5.31. The lowest BCUT2D eigenvalue weighted by atomic mass is 10.1. The molecule has 3 atom stereocenters. The van der Waals surface area contributed by atoms with E-state index in [-0.39, 0.29) is 43.6 Å². The number of aliphatic carboxylic acids is 1. The molecule has 0 saturated carbocycles. The molecule has 0 unspecified atom stereocenters. The fourth-order valence-electron chi connectivity index (χ4n) is 2.52. The molecule has 0 saturated heterocycles. The number of carbonyl (C=O) groups is 4. The van der Waals surface area contributed by atoms with Crippen LogP contribution in [0.25, 0.3) is 0 Å². The average molecular weight is 476 g/mol. The number of rotatable bonds is 15. The van der Waals surface area contributed by atoms with Gasteiger partial charge in [-0.3, -0.25) is 24.4 Å². The first-order valence-electron chi connectivity index (χ1n) is 9.80. The Bertz CT molecular complexity index is 709. The van der Waals surface area contributed by atoms with Crippen molar-refractivity contribution in [3.63, 3.8) is 0 Å². The number of nitrogens with one attached hydrogen (secondary N) is 3. The van der Waals surface area contributed by atoms with Crippen LogP contribution in [0.4, 0.5) is 0 Å². The molecule has 0 aromatic carbocycles. The summed E-state index contributed by atoms with van der Waals surface area (Å²) in [6.07, 6.45) is 1.04. The molecular formula is C17H33N9O5S. The minimum Gasteiger partial charge on any atom is -0.480 e. The zero-order valence-corrected chi connectivity index (χ0v) is 18.8. The van der Waals surface area contributed by atoms with E-state index < -0.39 is 41.8 Å². The molecule has 0 bridgehead atoms. The van der Waals surface area contributed by atoms with E-state index in [2.05, 4.69) is 38.6 Å². The van der Waals surface area contributed by atoms with Crippen molar-refractivity contribution in [2.24, 2.45) is 32.9 Å². The Labute approximate surface area is 191 Å². The fourth-order valence-corrected chi connectivity index (χ4v) is 2.77. The lowest BCUT2D eigenvalue weighted by Gasteiger charge is -2.24. The Morgan fingerprint density at radius 1 is 0.812 bits per heavy atom. The van der Waals surface area contributed by atoms with Gasteiger partial charge in [-0.15, -0.1) is 0 Å². The van der Waals surface area contributed by atoms with E-state index in [1.54, 1.807) is 0 Å². The molecule has 0 spiro atoms. The van der Waals surface area contributed by atoms with Gasteiger partial charge in [0.05, 0.1) is 0 Å². The summed E-state index contributed by atoms with van der Waals surface area (Å²) in [5.41, 5.74) is 21.1. The molecule has 0 aliphatic carbocycles. The molecule has 0 rings (SSSR count). The largest absolute Gasteiger partial charge is 0.480 e. The van der Waals surface area contributed by atoms with E-state index in [0.29, 0.717) is 12.8 Å². The van der Waals surface area contributed by atoms with Gasteiger partial charge < -0.3 is 44.0 Å². The number of hydrogen-bond acceptors (Lipinski definition) is 7. The fraction of sp³-hybridized carbons (Fsp3) is 0.647. The van der Waals surface area contributed by atoms with Crippen LogP contribution >= 0.6 is 12.6 Å². The summed E-state index contributed by atoms with van der Waals surface area (Å²) >= 11 is 3.90. The summed E-state index contributed by atoms with van der Waals surface area (Å²) in [6.45, 7) is 1.70. The number of nitrogens with two attached hydrogens (primary N) is 4. The van der Waals surface area contributed by atoms with Crippen molar-refractivity contribution in [2.45, 2.75) is 50.7 Å². The summed E-state index contributed by atoms with van der Waals surface area (Å²) in [6, 6.07) is -3.28. The van der Waals surface area contributed by atoms with Gasteiger partial charge in [0.1, 0.15) is 18.1 Å². The molecule has 0 aliphatic rings. The summed E-state index contributed by atoms with van der Waals surface area (Å²) in [5, 5.41) is 16.5.